The maximum atomic E-state index is 11.4. The summed E-state index contributed by atoms with van der Waals surface area (Å²) in [5, 5.41) is 16.2. The predicted molar refractivity (Wildman–Crippen MR) is 78.5 cm³/mol. The largest absolute Gasteiger partial charge is 0.355 e. The van der Waals surface area contributed by atoms with Crippen LogP contribution >= 0.6 is 0 Å². The fourth-order valence-corrected chi connectivity index (χ4v) is 2.46. The third kappa shape index (κ3) is 3.59. The number of hydrogen-bond donors (Lipinski definition) is 2. The highest BCUT2D eigenvalue weighted by atomic mass is 16.6. The normalized spacial score (nSPS) is 18.2. The molecule has 1 aliphatic rings. The van der Waals surface area contributed by atoms with Gasteiger partial charge in [-0.25, -0.2) is 9.78 Å². The zero-order chi connectivity index (χ0) is 15.4. The van der Waals surface area contributed by atoms with Crippen molar-refractivity contribution in [3.8, 4) is 0 Å². The van der Waals surface area contributed by atoms with Crippen molar-refractivity contribution in [3.63, 3.8) is 0 Å². The SMILES string of the molecule is CNC(=O)NC1CCCN(c2cc(C)c([N+](=O)[O-])cn2)C1. The molecular formula is C13H19N5O3. The van der Waals surface area contributed by atoms with Crippen molar-refractivity contribution < 1.29 is 9.72 Å². The Bertz CT molecular complexity index is 549. The summed E-state index contributed by atoms with van der Waals surface area (Å²) in [7, 11) is 1.58. The van der Waals surface area contributed by atoms with E-state index >= 15 is 0 Å². The van der Waals surface area contributed by atoms with Gasteiger partial charge in [0, 0.05) is 31.7 Å². The fraction of sp³-hybridized carbons (Fsp3) is 0.538. The minimum Gasteiger partial charge on any atom is -0.355 e. The zero-order valence-corrected chi connectivity index (χ0v) is 12.1. The number of hydrogen-bond acceptors (Lipinski definition) is 5. The van der Waals surface area contributed by atoms with E-state index in [0.29, 0.717) is 17.9 Å². The van der Waals surface area contributed by atoms with Gasteiger partial charge >= 0.3 is 6.03 Å². The number of nitrogens with zero attached hydrogens (tertiary/aromatic N) is 3. The molecule has 0 spiro atoms. The summed E-state index contributed by atoms with van der Waals surface area (Å²) >= 11 is 0. The molecule has 1 unspecified atom stereocenters. The Morgan fingerprint density at radius 2 is 2.33 bits per heavy atom. The Hall–Kier alpha value is -2.38. The van der Waals surface area contributed by atoms with E-state index in [1.54, 1.807) is 20.0 Å². The quantitative estimate of drug-likeness (QED) is 0.644. The highest BCUT2D eigenvalue weighted by molar-refractivity contribution is 5.73. The van der Waals surface area contributed by atoms with Gasteiger partial charge in [0.2, 0.25) is 0 Å². The van der Waals surface area contributed by atoms with E-state index in [0.717, 1.165) is 19.4 Å². The molecule has 1 fully saturated rings. The fourth-order valence-electron chi connectivity index (χ4n) is 2.46. The van der Waals surface area contributed by atoms with E-state index in [1.807, 2.05) is 4.90 Å². The first-order valence-corrected chi connectivity index (χ1v) is 6.85. The highest BCUT2D eigenvalue weighted by Gasteiger charge is 2.23. The van der Waals surface area contributed by atoms with Crippen molar-refractivity contribution in [2.24, 2.45) is 0 Å². The lowest BCUT2D eigenvalue weighted by molar-refractivity contribution is -0.385. The third-order valence-electron chi connectivity index (χ3n) is 3.57. The van der Waals surface area contributed by atoms with Crippen LogP contribution < -0.4 is 15.5 Å². The number of aromatic nitrogens is 1. The molecule has 1 atom stereocenters. The lowest BCUT2D eigenvalue weighted by Crippen LogP contribution is -2.50. The molecule has 2 amide bonds. The van der Waals surface area contributed by atoms with Crippen LogP contribution in [0.1, 0.15) is 18.4 Å². The molecule has 21 heavy (non-hydrogen) atoms. The second-order valence-electron chi connectivity index (χ2n) is 5.09. The maximum absolute atomic E-state index is 11.4. The molecule has 2 rings (SSSR count). The Morgan fingerprint density at radius 1 is 1.57 bits per heavy atom. The number of amides is 2. The van der Waals surface area contributed by atoms with Crippen LogP contribution in [0.15, 0.2) is 12.3 Å². The number of pyridine rings is 1. The van der Waals surface area contributed by atoms with Crippen molar-refractivity contribution in [1.82, 2.24) is 15.6 Å². The Morgan fingerprint density at radius 3 is 2.95 bits per heavy atom. The first-order valence-electron chi connectivity index (χ1n) is 6.85. The van der Waals surface area contributed by atoms with Crippen molar-refractivity contribution >= 4 is 17.5 Å². The topological polar surface area (TPSA) is 100 Å². The van der Waals surface area contributed by atoms with Crippen molar-refractivity contribution in [2.75, 3.05) is 25.0 Å². The van der Waals surface area contributed by atoms with Gasteiger partial charge < -0.3 is 15.5 Å². The number of urea groups is 1. The first-order chi connectivity index (χ1) is 10.0. The standard InChI is InChI=1S/C13H19N5O3/c1-9-6-12(15-7-11(9)18(20)21)17-5-3-4-10(8-17)16-13(19)14-2/h6-7,10H,3-5,8H2,1-2H3,(H2,14,16,19). The molecule has 0 aromatic carbocycles. The van der Waals surface area contributed by atoms with Crippen LogP contribution in [0, 0.1) is 17.0 Å². The molecule has 0 radical (unpaired) electrons. The van der Waals surface area contributed by atoms with E-state index < -0.39 is 4.92 Å². The minimum atomic E-state index is -0.432. The van der Waals surface area contributed by atoms with Gasteiger partial charge in [-0.3, -0.25) is 10.1 Å². The number of anilines is 1. The number of nitrogens with one attached hydrogen (secondary N) is 2. The summed E-state index contributed by atoms with van der Waals surface area (Å²) < 4.78 is 0. The zero-order valence-electron chi connectivity index (χ0n) is 12.1. The molecule has 1 aliphatic heterocycles. The van der Waals surface area contributed by atoms with E-state index in [1.165, 1.54) is 6.20 Å². The second kappa shape index (κ2) is 6.38. The van der Waals surface area contributed by atoms with Gasteiger partial charge in [-0.05, 0) is 25.8 Å². The molecule has 2 N–H and O–H groups in total. The summed E-state index contributed by atoms with van der Waals surface area (Å²) in [6, 6.07) is 1.58. The Labute approximate surface area is 122 Å². The molecule has 0 saturated carbocycles. The van der Waals surface area contributed by atoms with E-state index in [9.17, 15) is 14.9 Å². The van der Waals surface area contributed by atoms with Crippen molar-refractivity contribution in [2.45, 2.75) is 25.8 Å². The Kier molecular flexibility index (Phi) is 4.56. The summed E-state index contributed by atoms with van der Waals surface area (Å²) in [5.74, 6) is 0.710. The molecule has 2 heterocycles. The van der Waals surface area contributed by atoms with Crippen LogP contribution in [0.4, 0.5) is 16.3 Å². The van der Waals surface area contributed by atoms with E-state index in [2.05, 4.69) is 15.6 Å². The number of rotatable bonds is 3. The van der Waals surface area contributed by atoms with Crippen molar-refractivity contribution in [1.29, 1.82) is 0 Å². The summed E-state index contributed by atoms with van der Waals surface area (Å²) in [6.45, 7) is 3.18. The molecule has 0 bridgehead atoms. The van der Waals surface area contributed by atoms with Crippen LogP contribution in [-0.2, 0) is 0 Å². The van der Waals surface area contributed by atoms with Gasteiger partial charge in [-0.15, -0.1) is 0 Å². The lowest BCUT2D eigenvalue weighted by atomic mass is 10.1. The molecule has 114 valence electrons. The van der Waals surface area contributed by atoms with Gasteiger partial charge in [0.15, 0.2) is 0 Å². The molecule has 1 saturated heterocycles. The lowest BCUT2D eigenvalue weighted by Gasteiger charge is -2.33. The summed E-state index contributed by atoms with van der Waals surface area (Å²) in [6.07, 6.45) is 3.14. The van der Waals surface area contributed by atoms with Gasteiger partial charge in [0.25, 0.3) is 5.69 Å². The van der Waals surface area contributed by atoms with E-state index in [4.69, 9.17) is 0 Å². The molecule has 1 aromatic heterocycles. The Balaban J connectivity index is 2.09. The monoisotopic (exact) mass is 293 g/mol. The van der Waals surface area contributed by atoms with Crippen LogP contribution in [0.3, 0.4) is 0 Å². The average molecular weight is 293 g/mol. The third-order valence-corrected chi connectivity index (χ3v) is 3.57. The molecular weight excluding hydrogens is 274 g/mol. The van der Waals surface area contributed by atoms with Gasteiger partial charge in [0.05, 0.1) is 4.92 Å². The number of aryl methyl sites for hydroxylation is 1. The number of carbonyl (C=O) groups is 1. The molecule has 0 aliphatic carbocycles. The van der Waals surface area contributed by atoms with Crippen LogP contribution in [0.5, 0.6) is 0 Å². The molecule has 8 heteroatoms. The number of piperidine rings is 1. The number of carbonyl (C=O) groups excluding carboxylic acids is 1. The van der Waals surface area contributed by atoms with Crippen LogP contribution in [-0.4, -0.2) is 42.1 Å². The van der Waals surface area contributed by atoms with Gasteiger partial charge in [0.1, 0.15) is 12.0 Å². The van der Waals surface area contributed by atoms with E-state index in [-0.39, 0.29) is 17.8 Å². The highest BCUT2D eigenvalue weighted by Crippen LogP contribution is 2.23. The average Bonchev–Trinajstić information content (AvgIpc) is 2.47. The predicted octanol–water partition coefficient (Wildman–Crippen LogP) is 1.20. The first kappa shape index (κ1) is 15.0. The van der Waals surface area contributed by atoms with Crippen LogP contribution in [0.2, 0.25) is 0 Å². The minimum absolute atomic E-state index is 0.0239. The van der Waals surface area contributed by atoms with Gasteiger partial charge in [-0.1, -0.05) is 0 Å². The van der Waals surface area contributed by atoms with Crippen LogP contribution in [0.25, 0.3) is 0 Å². The maximum Gasteiger partial charge on any atom is 0.314 e. The summed E-state index contributed by atoms with van der Waals surface area (Å²) in [5.41, 5.74) is 0.613. The van der Waals surface area contributed by atoms with Crippen molar-refractivity contribution in [3.05, 3.63) is 27.9 Å². The summed E-state index contributed by atoms with van der Waals surface area (Å²) in [4.78, 5) is 28.0. The van der Waals surface area contributed by atoms with Gasteiger partial charge in [-0.2, -0.15) is 0 Å². The second-order valence-corrected chi connectivity index (χ2v) is 5.09. The smallest absolute Gasteiger partial charge is 0.314 e. The number of nitro groups is 1. The molecule has 1 aromatic rings. The molecule has 8 nitrogen and oxygen atoms in total.